The van der Waals surface area contributed by atoms with Crippen LogP contribution in [0, 0.1) is 0 Å². The molecule has 0 aliphatic heterocycles. The van der Waals surface area contributed by atoms with Gasteiger partial charge in [-0.1, -0.05) is 38.5 Å². The van der Waals surface area contributed by atoms with Gasteiger partial charge in [-0.2, -0.15) is 0 Å². The molecule has 2 heteroatoms. The van der Waals surface area contributed by atoms with Crippen LogP contribution in [0.2, 0.25) is 0 Å². The van der Waals surface area contributed by atoms with Gasteiger partial charge in [0.05, 0.1) is 0 Å². The molecule has 0 saturated carbocycles. The van der Waals surface area contributed by atoms with Gasteiger partial charge in [0.2, 0.25) is 0 Å². The first-order valence-electron chi connectivity index (χ1n) is 5.76. The number of nitrogens with two attached hydrogens (primary N) is 1. The normalized spacial score (nSPS) is 12.7. The molecule has 1 aromatic carbocycles. The zero-order chi connectivity index (χ0) is 11.1. The summed E-state index contributed by atoms with van der Waals surface area (Å²) in [5, 5.41) is 0. The SMILES string of the molecule is CCCCSc1ccccc1C(N)CC. The van der Waals surface area contributed by atoms with Crippen molar-refractivity contribution in [1.82, 2.24) is 0 Å². The highest BCUT2D eigenvalue weighted by molar-refractivity contribution is 7.99. The standard InChI is InChI=1S/C13H21NS/c1-3-5-10-15-13-9-7-6-8-11(13)12(14)4-2/h6-9,12H,3-5,10,14H2,1-2H3. The Balaban J connectivity index is 2.68. The molecule has 0 saturated heterocycles. The van der Waals surface area contributed by atoms with Gasteiger partial charge in [-0.25, -0.2) is 0 Å². The molecule has 0 aliphatic rings. The molecule has 1 nitrogen and oxygen atoms in total. The van der Waals surface area contributed by atoms with E-state index < -0.39 is 0 Å². The Bertz CT molecular complexity index is 286. The summed E-state index contributed by atoms with van der Waals surface area (Å²) in [7, 11) is 0. The molecule has 1 aromatic rings. The van der Waals surface area contributed by atoms with Gasteiger partial charge in [0.1, 0.15) is 0 Å². The Hall–Kier alpha value is -0.470. The van der Waals surface area contributed by atoms with Crippen LogP contribution in [0.25, 0.3) is 0 Å². The maximum Gasteiger partial charge on any atom is 0.0303 e. The van der Waals surface area contributed by atoms with Gasteiger partial charge in [-0.3, -0.25) is 0 Å². The summed E-state index contributed by atoms with van der Waals surface area (Å²) < 4.78 is 0. The molecule has 0 fully saturated rings. The fraction of sp³-hybridized carbons (Fsp3) is 0.538. The minimum absolute atomic E-state index is 0.190. The van der Waals surface area contributed by atoms with E-state index in [1.165, 1.54) is 29.1 Å². The monoisotopic (exact) mass is 223 g/mol. The van der Waals surface area contributed by atoms with Gasteiger partial charge in [-0.15, -0.1) is 11.8 Å². The highest BCUT2D eigenvalue weighted by Crippen LogP contribution is 2.28. The molecule has 1 unspecified atom stereocenters. The van der Waals surface area contributed by atoms with Crippen molar-refractivity contribution in [2.45, 2.75) is 44.0 Å². The average Bonchev–Trinajstić information content (AvgIpc) is 2.29. The second-order valence-electron chi connectivity index (χ2n) is 3.75. The lowest BCUT2D eigenvalue weighted by atomic mass is 10.1. The van der Waals surface area contributed by atoms with Gasteiger partial charge in [0.15, 0.2) is 0 Å². The third-order valence-electron chi connectivity index (χ3n) is 2.51. The summed E-state index contributed by atoms with van der Waals surface area (Å²) >= 11 is 1.94. The van der Waals surface area contributed by atoms with Crippen LogP contribution in [-0.2, 0) is 0 Å². The van der Waals surface area contributed by atoms with Crippen molar-refractivity contribution in [3.8, 4) is 0 Å². The van der Waals surface area contributed by atoms with Crippen LogP contribution < -0.4 is 5.73 Å². The lowest BCUT2D eigenvalue weighted by molar-refractivity contribution is 0.685. The molecule has 0 radical (unpaired) electrons. The number of rotatable bonds is 6. The van der Waals surface area contributed by atoms with Gasteiger partial charge >= 0.3 is 0 Å². The first-order valence-corrected chi connectivity index (χ1v) is 6.75. The predicted molar refractivity (Wildman–Crippen MR) is 69.3 cm³/mol. The Morgan fingerprint density at radius 3 is 2.67 bits per heavy atom. The average molecular weight is 223 g/mol. The first-order chi connectivity index (χ1) is 7.29. The second kappa shape index (κ2) is 6.91. The van der Waals surface area contributed by atoms with Crippen LogP contribution in [0.5, 0.6) is 0 Å². The molecule has 0 aliphatic carbocycles. The first kappa shape index (κ1) is 12.6. The number of hydrogen-bond donors (Lipinski definition) is 1. The minimum atomic E-state index is 0.190. The number of hydrogen-bond acceptors (Lipinski definition) is 2. The van der Waals surface area contributed by atoms with E-state index in [0.29, 0.717) is 0 Å². The van der Waals surface area contributed by atoms with Gasteiger partial charge in [0.25, 0.3) is 0 Å². The highest BCUT2D eigenvalue weighted by Gasteiger charge is 2.08. The fourth-order valence-corrected chi connectivity index (χ4v) is 2.68. The molecule has 0 bridgehead atoms. The molecule has 1 atom stereocenters. The zero-order valence-electron chi connectivity index (χ0n) is 9.70. The molecule has 0 heterocycles. The quantitative estimate of drug-likeness (QED) is 0.583. The van der Waals surface area contributed by atoms with Crippen molar-refractivity contribution in [3.63, 3.8) is 0 Å². The predicted octanol–water partition coefficient (Wildman–Crippen LogP) is 3.99. The van der Waals surface area contributed by atoms with Crippen molar-refractivity contribution in [1.29, 1.82) is 0 Å². The lowest BCUT2D eigenvalue weighted by Gasteiger charge is -2.14. The van der Waals surface area contributed by atoms with Crippen LogP contribution in [0.3, 0.4) is 0 Å². The number of unbranched alkanes of at least 4 members (excludes halogenated alkanes) is 1. The molecule has 2 N–H and O–H groups in total. The van der Waals surface area contributed by atoms with E-state index in [0.717, 1.165) is 6.42 Å². The van der Waals surface area contributed by atoms with E-state index in [1.54, 1.807) is 0 Å². The molecule has 0 spiro atoms. The van der Waals surface area contributed by atoms with Crippen LogP contribution in [0.1, 0.15) is 44.7 Å². The lowest BCUT2D eigenvalue weighted by Crippen LogP contribution is -2.09. The van der Waals surface area contributed by atoms with E-state index in [-0.39, 0.29) is 6.04 Å². The van der Waals surface area contributed by atoms with Crippen LogP contribution in [0.4, 0.5) is 0 Å². The summed E-state index contributed by atoms with van der Waals surface area (Å²) in [6.07, 6.45) is 3.54. The van der Waals surface area contributed by atoms with Crippen molar-refractivity contribution in [3.05, 3.63) is 29.8 Å². The molecule has 15 heavy (non-hydrogen) atoms. The molecular formula is C13H21NS. The molecule has 0 aromatic heterocycles. The molecule has 84 valence electrons. The Morgan fingerprint density at radius 1 is 1.27 bits per heavy atom. The van der Waals surface area contributed by atoms with Gasteiger partial charge < -0.3 is 5.73 Å². The van der Waals surface area contributed by atoms with Crippen LogP contribution in [0.15, 0.2) is 29.2 Å². The van der Waals surface area contributed by atoms with Crippen molar-refractivity contribution in [2.75, 3.05) is 5.75 Å². The minimum Gasteiger partial charge on any atom is -0.324 e. The van der Waals surface area contributed by atoms with Crippen LogP contribution in [-0.4, -0.2) is 5.75 Å². The third kappa shape index (κ3) is 3.88. The van der Waals surface area contributed by atoms with Crippen LogP contribution >= 0.6 is 11.8 Å². The van der Waals surface area contributed by atoms with Crippen molar-refractivity contribution >= 4 is 11.8 Å². The van der Waals surface area contributed by atoms with E-state index in [1.807, 2.05) is 11.8 Å². The summed E-state index contributed by atoms with van der Waals surface area (Å²) in [5.41, 5.74) is 7.39. The third-order valence-corrected chi connectivity index (χ3v) is 3.69. The van der Waals surface area contributed by atoms with E-state index in [9.17, 15) is 0 Å². The summed E-state index contributed by atoms with van der Waals surface area (Å²) in [6.45, 7) is 4.36. The van der Waals surface area contributed by atoms with E-state index in [2.05, 4.69) is 38.1 Å². The Morgan fingerprint density at radius 2 is 2.00 bits per heavy atom. The highest BCUT2D eigenvalue weighted by atomic mass is 32.2. The molecule has 1 rings (SSSR count). The Labute approximate surface area is 97.4 Å². The topological polar surface area (TPSA) is 26.0 Å². The second-order valence-corrected chi connectivity index (χ2v) is 4.89. The number of thioether (sulfide) groups is 1. The summed E-state index contributed by atoms with van der Waals surface area (Å²) in [5.74, 6) is 1.20. The van der Waals surface area contributed by atoms with Gasteiger partial charge in [-0.05, 0) is 30.2 Å². The maximum atomic E-state index is 6.09. The van der Waals surface area contributed by atoms with Crippen molar-refractivity contribution < 1.29 is 0 Å². The molecular weight excluding hydrogens is 202 g/mol. The molecule has 0 amide bonds. The summed E-state index contributed by atoms with van der Waals surface area (Å²) in [6, 6.07) is 8.71. The smallest absolute Gasteiger partial charge is 0.0303 e. The fourth-order valence-electron chi connectivity index (χ4n) is 1.46. The summed E-state index contributed by atoms with van der Waals surface area (Å²) in [4.78, 5) is 1.36. The van der Waals surface area contributed by atoms with E-state index in [4.69, 9.17) is 5.73 Å². The maximum absolute atomic E-state index is 6.09. The zero-order valence-corrected chi connectivity index (χ0v) is 10.5. The van der Waals surface area contributed by atoms with E-state index >= 15 is 0 Å². The van der Waals surface area contributed by atoms with Crippen molar-refractivity contribution in [2.24, 2.45) is 5.73 Å². The largest absolute Gasteiger partial charge is 0.324 e. The number of benzene rings is 1. The van der Waals surface area contributed by atoms with Gasteiger partial charge in [0, 0.05) is 10.9 Å². The Kier molecular flexibility index (Phi) is 5.81.